The number of hydrogen-bond acceptors (Lipinski definition) is 0. The molecule has 0 spiro atoms. The SMILES string of the molecule is [Br-].[CH2-]CCCC=C(C)C.[Mg+2]. The monoisotopic (exact) mass is 214 g/mol. The van der Waals surface area contributed by atoms with Crippen LogP contribution in [-0.4, -0.2) is 23.1 Å². The molecular formula is C8H15BrMg. The summed E-state index contributed by atoms with van der Waals surface area (Å²) in [6, 6.07) is 0. The van der Waals surface area contributed by atoms with E-state index < -0.39 is 0 Å². The summed E-state index contributed by atoms with van der Waals surface area (Å²) in [5.41, 5.74) is 1.42. The molecule has 0 radical (unpaired) electrons. The van der Waals surface area contributed by atoms with Crippen LogP contribution in [0.4, 0.5) is 0 Å². The van der Waals surface area contributed by atoms with E-state index in [-0.39, 0.29) is 40.0 Å². The first-order chi connectivity index (χ1) is 3.77. The van der Waals surface area contributed by atoms with Gasteiger partial charge in [0.1, 0.15) is 0 Å². The van der Waals surface area contributed by atoms with Gasteiger partial charge in [0.25, 0.3) is 0 Å². The second-order valence-corrected chi connectivity index (χ2v) is 2.28. The number of rotatable bonds is 3. The van der Waals surface area contributed by atoms with Gasteiger partial charge in [0, 0.05) is 0 Å². The Hall–Kier alpha value is 0.986. The Morgan fingerprint density at radius 3 is 2.20 bits per heavy atom. The van der Waals surface area contributed by atoms with Crippen molar-refractivity contribution in [1.82, 2.24) is 0 Å². The van der Waals surface area contributed by atoms with Crippen molar-refractivity contribution in [3.63, 3.8) is 0 Å². The van der Waals surface area contributed by atoms with Gasteiger partial charge in [-0.25, -0.2) is 0 Å². The van der Waals surface area contributed by atoms with Gasteiger partial charge < -0.3 is 23.9 Å². The van der Waals surface area contributed by atoms with E-state index in [0.29, 0.717) is 0 Å². The van der Waals surface area contributed by atoms with Gasteiger partial charge in [-0.15, -0.1) is 0 Å². The van der Waals surface area contributed by atoms with E-state index >= 15 is 0 Å². The van der Waals surface area contributed by atoms with Crippen molar-refractivity contribution in [2.24, 2.45) is 0 Å². The molecule has 0 saturated carbocycles. The first-order valence-corrected chi connectivity index (χ1v) is 3.20. The minimum Gasteiger partial charge on any atom is -1.00 e. The maximum absolute atomic E-state index is 3.75. The van der Waals surface area contributed by atoms with E-state index in [1.54, 1.807) is 0 Å². The Kier molecular flexibility index (Phi) is 21.7. The molecule has 0 aromatic rings. The molecule has 0 unspecified atom stereocenters. The van der Waals surface area contributed by atoms with Crippen molar-refractivity contribution in [3.05, 3.63) is 18.6 Å². The molecule has 0 N–H and O–H groups in total. The fraction of sp³-hybridized carbons (Fsp3) is 0.625. The summed E-state index contributed by atoms with van der Waals surface area (Å²) >= 11 is 0. The number of halogens is 1. The molecular weight excluding hydrogens is 200 g/mol. The summed E-state index contributed by atoms with van der Waals surface area (Å²) in [4.78, 5) is 0. The third-order valence-corrected chi connectivity index (χ3v) is 1.01. The molecule has 0 heterocycles. The zero-order valence-electron chi connectivity index (χ0n) is 6.99. The zero-order valence-corrected chi connectivity index (χ0v) is 9.99. The van der Waals surface area contributed by atoms with Gasteiger partial charge in [-0.05, 0) is 20.3 Å². The number of allylic oxidation sites excluding steroid dienone is 2. The van der Waals surface area contributed by atoms with Gasteiger partial charge in [-0.2, -0.15) is 6.42 Å². The molecule has 0 atom stereocenters. The topological polar surface area (TPSA) is 0 Å². The van der Waals surface area contributed by atoms with Gasteiger partial charge >= 0.3 is 23.1 Å². The third kappa shape index (κ3) is 16.0. The minimum absolute atomic E-state index is 0. The Bertz CT molecular complexity index is 75.3. The zero-order chi connectivity index (χ0) is 6.41. The quantitative estimate of drug-likeness (QED) is 0.260. The average Bonchev–Trinajstić information content (AvgIpc) is 1.66. The molecule has 0 aromatic carbocycles. The van der Waals surface area contributed by atoms with Crippen LogP contribution in [0.3, 0.4) is 0 Å². The molecule has 0 aliphatic heterocycles. The van der Waals surface area contributed by atoms with E-state index in [0.717, 1.165) is 6.42 Å². The molecule has 0 aromatic heterocycles. The van der Waals surface area contributed by atoms with Crippen molar-refractivity contribution < 1.29 is 17.0 Å². The van der Waals surface area contributed by atoms with Crippen molar-refractivity contribution in [2.75, 3.05) is 0 Å². The van der Waals surface area contributed by atoms with E-state index in [9.17, 15) is 0 Å². The van der Waals surface area contributed by atoms with Crippen LogP contribution in [0.15, 0.2) is 11.6 Å². The van der Waals surface area contributed by atoms with Crippen LogP contribution in [0, 0.1) is 6.92 Å². The van der Waals surface area contributed by atoms with Gasteiger partial charge in [0.2, 0.25) is 0 Å². The predicted octanol–water partition coefficient (Wildman–Crippen LogP) is -0.420. The summed E-state index contributed by atoms with van der Waals surface area (Å²) < 4.78 is 0. The normalized spacial score (nSPS) is 7.10. The van der Waals surface area contributed by atoms with Crippen molar-refractivity contribution >= 4 is 23.1 Å². The minimum atomic E-state index is 0. The van der Waals surface area contributed by atoms with Crippen LogP contribution in [0.2, 0.25) is 0 Å². The Balaban J connectivity index is -0.000000245. The van der Waals surface area contributed by atoms with Crippen LogP contribution < -0.4 is 17.0 Å². The number of unbranched alkanes of at least 4 members (excludes halogenated alkanes) is 2. The van der Waals surface area contributed by atoms with Crippen LogP contribution >= 0.6 is 0 Å². The van der Waals surface area contributed by atoms with E-state index in [1.807, 2.05) is 0 Å². The van der Waals surface area contributed by atoms with Crippen LogP contribution in [0.25, 0.3) is 0 Å². The maximum Gasteiger partial charge on any atom is 2.00 e. The van der Waals surface area contributed by atoms with Gasteiger partial charge in [0.15, 0.2) is 0 Å². The second-order valence-electron chi connectivity index (χ2n) is 2.28. The van der Waals surface area contributed by atoms with Crippen molar-refractivity contribution in [1.29, 1.82) is 0 Å². The maximum atomic E-state index is 3.75. The molecule has 0 fully saturated rings. The largest absolute Gasteiger partial charge is 2.00 e. The smallest absolute Gasteiger partial charge is 1.00 e. The third-order valence-electron chi connectivity index (χ3n) is 1.01. The van der Waals surface area contributed by atoms with Crippen molar-refractivity contribution in [3.8, 4) is 0 Å². The fourth-order valence-electron chi connectivity index (χ4n) is 0.535. The summed E-state index contributed by atoms with van der Waals surface area (Å²) in [6.45, 7) is 8.01. The number of hydrogen-bond donors (Lipinski definition) is 0. The summed E-state index contributed by atoms with van der Waals surface area (Å²) in [5, 5.41) is 0. The second kappa shape index (κ2) is 12.6. The Morgan fingerprint density at radius 1 is 1.40 bits per heavy atom. The van der Waals surface area contributed by atoms with Gasteiger partial charge in [-0.1, -0.05) is 18.1 Å². The molecule has 0 aliphatic rings. The molecule has 56 valence electrons. The fourth-order valence-corrected chi connectivity index (χ4v) is 0.535. The van der Waals surface area contributed by atoms with Gasteiger partial charge in [-0.3, -0.25) is 0 Å². The molecule has 0 aliphatic carbocycles. The van der Waals surface area contributed by atoms with Crippen LogP contribution in [0.1, 0.15) is 33.1 Å². The van der Waals surface area contributed by atoms with Crippen LogP contribution in [0.5, 0.6) is 0 Å². The summed E-state index contributed by atoms with van der Waals surface area (Å²) in [6.07, 6.45) is 5.74. The first-order valence-electron chi connectivity index (χ1n) is 3.20. The molecule has 10 heavy (non-hydrogen) atoms. The predicted molar refractivity (Wildman–Crippen MR) is 44.4 cm³/mol. The van der Waals surface area contributed by atoms with Crippen LogP contribution in [-0.2, 0) is 0 Å². The molecule has 2 heteroatoms. The Labute approximate surface area is 91.4 Å². The average molecular weight is 215 g/mol. The standard InChI is InChI=1S/C8H15.BrH.Mg/c1-4-5-6-7-8(2)3;;/h7H,1,4-6H2,2-3H3;1H;/q-1;;+2/p-1. The molecule has 0 nitrogen and oxygen atoms in total. The summed E-state index contributed by atoms with van der Waals surface area (Å²) in [5.74, 6) is 0. The molecule has 0 rings (SSSR count). The molecule has 0 bridgehead atoms. The van der Waals surface area contributed by atoms with E-state index in [4.69, 9.17) is 0 Å². The Morgan fingerprint density at radius 2 is 1.90 bits per heavy atom. The molecule has 0 amide bonds. The van der Waals surface area contributed by atoms with Crippen molar-refractivity contribution in [2.45, 2.75) is 33.1 Å². The van der Waals surface area contributed by atoms with Gasteiger partial charge in [0.05, 0.1) is 0 Å². The first kappa shape index (κ1) is 17.2. The molecule has 0 saturated heterocycles. The van der Waals surface area contributed by atoms with E-state index in [1.165, 1.54) is 18.4 Å². The summed E-state index contributed by atoms with van der Waals surface area (Å²) in [7, 11) is 0. The van der Waals surface area contributed by atoms with E-state index in [2.05, 4.69) is 26.8 Å².